The zero-order valence-electron chi connectivity index (χ0n) is 7.85. The van der Waals surface area contributed by atoms with Gasteiger partial charge in [-0.05, 0) is 22.4 Å². The summed E-state index contributed by atoms with van der Waals surface area (Å²) in [5, 5.41) is 13.2. The van der Waals surface area contributed by atoms with Crippen molar-refractivity contribution in [2.75, 3.05) is 26.3 Å². The van der Waals surface area contributed by atoms with E-state index in [4.69, 9.17) is 10.00 Å². The highest BCUT2D eigenvalue weighted by atomic mass is 32.1. The van der Waals surface area contributed by atoms with Crippen LogP contribution in [0.3, 0.4) is 0 Å². The topological polar surface area (TPSA) is 36.3 Å². The molecule has 3 nitrogen and oxygen atoms in total. The number of thiophene rings is 1. The number of nitrogens with zero attached hydrogens (tertiary/aromatic N) is 2. The Kier molecular flexibility index (Phi) is 3.14. The first kappa shape index (κ1) is 9.66. The van der Waals surface area contributed by atoms with Crippen molar-refractivity contribution in [2.24, 2.45) is 0 Å². The van der Waals surface area contributed by atoms with E-state index in [1.807, 2.05) is 16.8 Å². The molecule has 1 unspecified atom stereocenters. The van der Waals surface area contributed by atoms with Crippen LogP contribution in [0.4, 0.5) is 0 Å². The third kappa shape index (κ3) is 1.95. The van der Waals surface area contributed by atoms with Gasteiger partial charge in [0.25, 0.3) is 0 Å². The van der Waals surface area contributed by atoms with Crippen molar-refractivity contribution in [2.45, 2.75) is 6.04 Å². The minimum atomic E-state index is -0.0925. The number of nitriles is 1. The van der Waals surface area contributed by atoms with Crippen molar-refractivity contribution in [3.63, 3.8) is 0 Å². The van der Waals surface area contributed by atoms with Crippen molar-refractivity contribution in [1.82, 2.24) is 4.90 Å². The van der Waals surface area contributed by atoms with E-state index in [1.54, 1.807) is 11.3 Å². The van der Waals surface area contributed by atoms with E-state index in [0.29, 0.717) is 0 Å². The maximum absolute atomic E-state index is 9.12. The van der Waals surface area contributed by atoms with Gasteiger partial charge in [0, 0.05) is 13.1 Å². The second kappa shape index (κ2) is 4.56. The first-order chi connectivity index (χ1) is 6.92. The quantitative estimate of drug-likeness (QED) is 0.741. The average Bonchev–Trinajstić information content (AvgIpc) is 2.74. The molecule has 1 saturated heterocycles. The fourth-order valence-electron chi connectivity index (χ4n) is 1.63. The molecular formula is C10H12N2OS. The normalized spacial score (nSPS) is 20.2. The van der Waals surface area contributed by atoms with Gasteiger partial charge in [0.05, 0.1) is 19.3 Å². The molecule has 4 heteroatoms. The molecule has 1 aliphatic rings. The summed E-state index contributed by atoms with van der Waals surface area (Å²) in [4.78, 5) is 2.17. The first-order valence-corrected chi connectivity index (χ1v) is 5.59. The molecule has 1 fully saturated rings. The smallest absolute Gasteiger partial charge is 0.124 e. The maximum atomic E-state index is 9.12. The Bertz CT molecular complexity index is 311. The van der Waals surface area contributed by atoms with Crippen LogP contribution in [0.15, 0.2) is 16.8 Å². The summed E-state index contributed by atoms with van der Waals surface area (Å²) in [7, 11) is 0. The third-order valence-corrected chi connectivity index (χ3v) is 3.09. The van der Waals surface area contributed by atoms with Crippen molar-refractivity contribution < 1.29 is 4.74 Å². The largest absolute Gasteiger partial charge is 0.379 e. The molecule has 0 saturated carbocycles. The SMILES string of the molecule is N#CC(c1ccsc1)N1CCOCC1. The van der Waals surface area contributed by atoms with Gasteiger partial charge in [-0.25, -0.2) is 0 Å². The van der Waals surface area contributed by atoms with Crippen LogP contribution in [0, 0.1) is 11.3 Å². The minimum Gasteiger partial charge on any atom is -0.379 e. The molecule has 1 aromatic rings. The highest BCUT2D eigenvalue weighted by Gasteiger charge is 2.22. The number of ether oxygens (including phenoxy) is 1. The molecule has 0 spiro atoms. The number of hydrogen-bond acceptors (Lipinski definition) is 4. The van der Waals surface area contributed by atoms with Crippen LogP contribution in [-0.2, 0) is 4.74 Å². The molecule has 1 atom stereocenters. The molecule has 2 heterocycles. The molecule has 0 bridgehead atoms. The summed E-state index contributed by atoms with van der Waals surface area (Å²) in [6.07, 6.45) is 0. The Morgan fingerprint density at radius 1 is 1.50 bits per heavy atom. The van der Waals surface area contributed by atoms with E-state index < -0.39 is 0 Å². The van der Waals surface area contributed by atoms with Gasteiger partial charge in [-0.3, -0.25) is 4.90 Å². The van der Waals surface area contributed by atoms with Crippen LogP contribution in [0.2, 0.25) is 0 Å². The van der Waals surface area contributed by atoms with Crippen LogP contribution in [0.1, 0.15) is 11.6 Å². The van der Waals surface area contributed by atoms with Gasteiger partial charge in [-0.1, -0.05) is 0 Å². The van der Waals surface area contributed by atoms with Crippen LogP contribution in [0.25, 0.3) is 0 Å². The molecule has 0 aromatic carbocycles. The third-order valence-electron chi connectivity index (χ3n) is 2.39. The highest BCUT2D eigenvalue weighted by molar-refractivity contribution is 7.08. The number of rotatable bonds is 2. The van der Waals surface area contributed by atoms with E-state index in [2.05, 4.69) is 11.0 Å². The van der Waals surface area contributed by atoms with E-state index in [1.165, 1.54) is 0 Å². The fraction of sp³-hybridized carbons (Fsp3) is 0.500. The summed E-state index contributed by atoms with van der Waals surface area (Å²) in [5.74, 6) is 0. The van der Waals surface area contributed by atoms with E-state index >= 15 is 0 Å². The highest BCUT2D eigenvalue weighted by Crippen LogP contribution is 2.22. The number of morpholine rings is 1. The van der Waals surface area contributed by atoms with Gasteiger partial charge >= 0.3 is 0 Å². The standard InChI is InChI=1S/C10H12N2OS/c11-7-10(9-1-6-14-8-9)12-2-4-13-5-3-12/h1,6,8,10H,2-5H2. The molecule has 0 N–H and O–H groups in total. The van der Waals surface area contributed by atoms with Crippen molar-refractivity contribution >= 4 is 11.3 Å². The molecule has 74 valence electrons. The molecule has 0 amide bonds. The minimum absolute atomic E-state index is 0.0925. The Morgan fingerprint density at radius 3 is 2.86 bits per heavy atom. The molecule has 0 radical (unpaired) electrons. The second-order valence-corrected chi connectivity index (χ2v) is 4.02. The Balaban J connectivity index is 2.09. The van der Waals surface area contributed by atoms with Crippen molar-refractivity contribution in [3.8, 4) is 6.07 Å². The van der Waals surface area contributed by atoms with Crippen molar-refractivity contribution in [1.29, 1.82) is 5.26 Å². The molecule has 1 aliphatic heterocycles. The lowest BCUT2D eigenvalue weighted by Gasteiger charge is -2.30. The average molecular weight is 208 g/mol. The maximum Gasteiger partial charge on any atom is 0.124 e. The second-order valence-electron chi connectivity index (χ2n) is 3.24. The van der Waals surface area contributed by atoms with Gasteiger partial charge < -0.3 is 4.74 Å². The van der Waals surface area contributed by atoms with Gasteiger partial charge in [-0.2, -0.15) is 16.6 Å². The van der Waals surface area contributed by atoms with Gasteiger partial charge in [0.2, 0.25) is 0 Å². The molecule has 2 rings (SSSR count). The van der Waals surface area contributed by atoms with E-state index in [-0.39, 0.29) is 6.04 Å². The Labute approximate surface area is 87.5 Å². The van der Waals surface area contributed by atoms with Crippen LogP contribution >= 0.6 is 11.3 Å². The van der Waals surface area contributed by atoms with E-state index in [9.17, 15) is 0 Å². The summed E-state index contributed by atoms with van der Waals surface area (Å²) < 4.78 is 5.26. The lowest BCUT2D eigenvalue weighted by atomic mass is 10.1. The van der Waals surface area contributed by atoms with Crippen LogP contribution < -0.4 is 0 Å². The van der Waals surface area contributed by atoms with Crippen LogP contribution in [0.5, 0.6) is 0 Å². The molecule has 14 heavy (non-hydrogen) atoms. The summed E-state index contributed by atoms with van der Waals surface area (Å²) in [5.41, 5.74) is 1.11. The monoisotopic (exact) mass is 208 g/mol. The predicted molar refractivity (Wildman–Crippen MR) is 55.1 cm³/mol. The predicted octanol–water partition coefficient (Wildman–Crippen LogP) is 1.64. The Hall–Kier alpha value is -0.890. The van der Waals surface area contributed by atoms with Gasteiger partial charge in [-0.15, -0.1) is 0 Å². The fourth-order valence-corrected chi connectivity index (χ4v) is 2.31. The first-order valence-electron chi connectivity index (χ1n) is 4.65. The Morgan fingerprint density at radius 2 is 2.29 bits per heavy atom. The summed E-state index contributed by atoms with van der Waals surface area (Å²) in [6, 6.07) is 4.28. The van der Waals surface area contributed by atoms with E-state index in [0.717, 1.165) is 31.9 Å². The zero-order chi connectivity index (χ0) is 9.80. The number of hydrogen-bond donors (Lipinski definition) is 0. The zero-order valence-corrected chi connectivity index (χ0v) is 8.67. The lowest BCUT2D eigenvalue weighted by Crippen LogP contribution is -2.38. The molecule has 1 aromatic heterocycles. The summed E-state index contributed by atoms with van der Waals surface area (Å²) in [6.45, 7) is 3.19. The van der Waals surface area contributed by atoms with Crippen molar-refractivity contribution in [3.05, 3.63) is 22.4 Å². The summed E-state index contributed by atoms with van der Waals surface area (Å²) >= 11 is 1.64. The molecular weight excluding hydrogens is 196 g/mol. The van der Waals surface area contributed by atoms with Gasteiger partial charge in [0.15, 0.2) is 0 Å². The van der Waals surface area contributed by atoms with Gasteiger partial charge in [0.1, 0.15) is 6.04 Å². The molecule has 0 aliphatic carbocycles. The lowest BCUT2D eigenvalue weighted by molar-refractivity contribution is 0.0267. The van der Waals surface area contributed by atoms with Crippen LogP contribution in [-0.4, -0.2) is 31.2 Å².